The SMILES string of the molecule is COc1cccc(-c2c(CN)c(C)nn2C)c1. The molecule has 0 aliphatic rings. The van der Waals surface area contributed by atoms with Gasteiger partial charge in [-0.2, -0.15) is 5.10 Å². The molecular weight excluding hydrogens is 214 g/mol. The molecule has 0 radical (unpaired) electrons. The Bertz CT molecular complexity index is 531. The number of hydrogen-bond acceptors (Lipinski definition) is 3. The molecule has 2 rings (SSSR count). The summed E-state index contributed by atoms with van der Waals surface area (Å²) >= 11 is 0. The van der Waals surface area contributed by atoms with E-state index in [1.807, 2.05) is 42.9 Å². The standard InChI is InChI=1S/C13H17N3O/c1-9-12(8-14)13(16(2)15-9)10-5-4-6-11(7-10)17-3/h4-7H,8,14H2,1-3H3. The summed E-state index contributed by atoms with van der Waals surface area (Å²) in [5.74, 6) is 0.837. The fourth-order valence-corrected chi connectivity index (χ4v) is 2.08. The van der Waals surface area contributed by atoms with Crippen LogP contribution in [0.15, 0.2) is 24.3 Å². The van der Waals surface area contributed by atoms with Gasteiger partial charge in [-0.25, -0.2) is 0 Å². The van der Waals surface area contributed by atoms with Gasteiger partial charge < -0.3 is 10.5 Å². The van der Waals surface area contributed by atoms with E-state index in [9.17, 15) is 0 Å². The zero-order valence-electron chi connectivity index (χ0n) is 10.4. The van der Waals surface area contributed by atoms with E-state index in [0.29, 0.717) is 6.54 Å². The summed E-state index contributed by atoms with van der Waals surface area (Å²) in [6.45, 7) is 2.47. The molecule has 4 nitrogen and oxygen atoms in total. The molecular formula is C13H17N3O. The van der Waals surface area contributed by atoms with Crippen molar-refractivity contribution >= 4 is 0 Å². The van der Waals surface area contributed by atoms with Gasteiger partial charge in [0.2, 0.25) is 0 Å². The highest BCUT2D eigenvalue weighted by atomic mass is 16.5. The molecule has 2 N–H and O–H groups in total. The molecule has 0 bridgehead atoms. The van der Waals surface area contributed by atoms with Crippen molar-refractivity contribution in [3.63, 3.8) is 0 Å². The van der Waals surface area contributed by atoms with Gasteiger partial charge in [0, 0.05) is 24.7 Å². The lowest BCUT2D eigenvalue weighted by Crippen LogP contribution is -2.00. The van der Waals surface area contributed by atoms with Crippen molar-refractivity contribution in [3.05, 3.63) is 35.5 Å². The van der Waals surface area contributed by atoms with Gasteiger partial charge >= 0.3 is 0 Å². The number of aromatic nitrogens is 2. The average Bonchev–Trinajstić information content (AvgIpc) is 2.63. The van der Waals surface area contributed by atoms with Gasteiger partial charge in [0.15, 0.2) is 0 Å². The molecule has 0 saturated carbocycles. The molecule has 0 aliphatic heterocycles. The summed E-state index contributed by atoms with van der Waals surface area (Å²) in [7, 11) is 3.60. The monoisotopic (exact) mass is 231 g/mol. The number of nitrogens with zero attached hydrogens (tertiary/aromatic N) is 2. The molecule has 0 saturated heterocycles. The van der Waals surface area contributed by atoms with Crippen LogP contribution in [0.4, 0.5) is 0 Å². The van der Waals surface area contributed by atoms with E-state index >= 15 is 0 Å². The molecule has 90 valence electrons. The molecule has 0 unspecified atom stereocenters. The van der Waals surface area contributed by atoms with Crippen molar-refractivity contribution < 1.29 is 4.74 Å². The third-order valence-electron chi connectivity index (χ3n) is 2.89. The number of benzene rings is 1. The van der Waals surface area contributed by atoms with Crippen molar-refractivity contribution in [2.45, 2.75) is 13.5 Å². The Labute approximate surface area is 101 Å². The third-order valence-corrected chi connectivity index (χ3v) is 2.89. The van der Waals surface area contributed by atoms with Crippen LogP contribution in [0.25, 0.3) is 11.3 Å². The van der Waals surface area contributed by atoms with E-state index in [2.05, 4.69) is 5.10 Å². The predicted octanol–water partition coefficient (Wildman–Crippen LogP) is 1.86. The lowest BCUT2D eigenvalue weighted by atomic mass is 10.1. The number of rotatable bonds is 3. The van der Waals surface area contributed by atoms with Crippen LogP contribution in [0.3, 0.4) is 0 Å². The largest absolute Gasteiger partial charge is 0.497 e. The van der Waals surface area contributed by atoms with Crippen molar-refractivity contribution in [2.24, 2.45) is 12.8 Å². The third kappa shape index (κ3) is 2.03. The maximum atomic E-state index is 5.79. The smallest absolute Gasteiger partial charge is 0.119 e. The van der Waals surface area contributed by atoms with Crippen LogP contribution < -0.4 is 10.5 Å². The second-order valence-corrected chi connectivity index (χ2v) is 3.97. The van der Waals surface area contributed by atoms with Gasteiger partial charge in [0.05, 0.1) is 18.5 Å². The fraction of sp³-hybridized carbons (Fsp3) is 0.308. The van der Waals surface area contributed by atoms with Crippen LogP contribution in [0.5, 0.6) is 5.75 Å². The van der Waals surface area contributed by atoms with Gasteiger partial charge in [0.25, 0.3) is 0 Å². The number of methoxy groups -OCH3 is 1. The van der Waals surface area contributed by atoms with Gasteiger partial charge in [-0.05, 0) is 19.1 Å². The molecule has 0 atom stereocenters. The number of ether oxygens (including phenoxy) is 1. The summed E-state index contributed by atoms with van der Waals surface area (Å²) in [6.07, 6.45) is 0. The highest BCUT2D eigenvalue weighted by molar-refractivity contribution is 5.66. The summed E-state index contributed by atoms with van der Waals surface area (Å²) in [5, 5.41) is 4.41. The van der Waals surface area contributed by atoms with E-state index in [4.69, 9.17) is 10.5 Å². The van der Waals surface area contributed by atoms with Crippen LogP contribution in [-0.4, -0.2) is 16.9 Å². The van der Waals surface area contributed by atoms with E-state index < -0.39 is 0 Å². The Morgan fingerprint density at radius 1 is 1.41 bits per heavy atom. The highest BCUT2D eigenvalue weighted by Gasteiger charge is 2.13. The quantitative estimate of drug-likeness (QED) is 0.877. The predicted molar refractivity (Wildman–Crippen MR) is 67.8 cm³/mol. The maximum Gasteiger partial charge on any atom is 0.119 e. The second kappa shape index (κ2) is 4.59. The van der Waals surface area contributed by atoms with Gasteiger partial charge in [-0.15, -0.1) is 0 Å². The van der Waals surface area contributed by atoms with Gasteiger partial charge in [0.1, 0.15) is 5.75 Å². The minimum atomic E-state index is 0.492. The molecule has 1 heterocycles. The normalized spacial score (nSPS) is 10.6. The molecule has 0 spiro atoms. The Hall–Kier alpha value is -1.81. The zero-order chi connectivity index (χ0) is 12.4. The molecule has 17 heavy (non-hydrogen) atoms. The number of hydrogen-bond donors (Lipinski definition) is 1. The molecule has 0 amide bonds. The Balaban J connectivity index is 2.59. The summed E-state index contributed by atoms with van der Waals surface area (Å²) < 4.78 is 7.10. The van der Waals surface area contributed by atoms with E-state index in [1.54, 1.807) is 7.11 Å². The topological polar surface area (TPSA) is 53.1 Å². The van der Waals surface area contributed by atoms with Crippen LogP contribution in [0.1, 0.15) is 11.3 Å². The number of aryl methyl sites for hydroxylation is 2. The number of nitrogens with two attached hydrogens (primary N) is 1. The van der Waals surface area contributed by atoms with Gasteiger partial charge in [-0.3, -0.25) is 4.68 Å². The second-order valence-electron chi connectivity index (χ2n) is 3.97. The Morgan fingerprint density at radius 3 is 2.82 bits per heavy atom. The van der Waals surface area contributed by atoms with Crippen molar-refractivity contribution in [1.29, 1.82) is 0 Å². The molecule has 1 aromatic heterocycles. The lowest BCUT2D eigenvalue weighted by Gasteiger charge is -2.07. The first-order valence-electron chi connectivity index (χ1n) is 5.54. The average molecular weight is 231 g/mol. The van der Waals surface area contributed by atoms with Crippen molar-refractivity contribution in [1.82, 2.24) is 9.78 Å². The first-order valence-corrected chi connectivity index (χ1v) is 5.54. The summed E-state index contributed by atoms with van der Waals surface area (Å²) in [6, 6.07) is 7.93. The van der Waals surface area contributed by atoms with E-state index in [1.165, 1.54) is 0 Å². The van der Waals surface area contributed by atoms with Crippen molar-refractivity contribution in [3.8, 4) is 17.0 Å². The van der Waals surface area contributed by atoms with Crippen LogP contribution in [0.2, 0.25) is 0 Å². The minimum Gasteiger partial charge on any atom is -0.497 e. The van der Waals surface area contributed by atoms with Crippen molar-refractivity contribution in [2.75, 3.05) is 7.11 Å². The highest BCUT2D eigenvalue weighted by Crippen LogP contribution is 2.28. The Morgan fingerprint density at radius 2 is 2.18 bits per heavy atom. The van der Waals surface area contributed by atoms with Gasteiger partial charge in [-0.1, -0.05) is 12.1 Å². The van der Waals surface area contributed by atoms with Crippen LogP contribution >= 0.6 is 0 Å². The minimum absolute atomic E-state index is 0.492. The zero-order valence-corrected chi connectivity index (χ0v) is 10.4. The lowest BCUT2D eigenvalue weighted by molar-refractivity contribution is 0.415. The maximum absolute atomic E-state index is 5.79. The molecule has 0 aliphatic carbocycles. The molecule has 4 heteroatoms. The summed E-state index contributed by atoms with van der Waals surface area (Å²) in [4.78, 5) is 0. The molecule has 0 fully saturated rings. The Kier molecular flexibility index (Phi) is 3.15. The first-order chi connectivity index (χ1) is 8.17. The molecule has 2 aromatic rings. The fourth-order valence-electron chi connectivity index (χ4n) is 2.08. The molecule has 1 aromatic carbocycles. The summed E-state index contributed by atoms with van der Waals surface area (Å²) in [5.41, 5.74) is 9.99. The van der Waals surface area contributed by atoms with E-state index in [-0.39, 0.29) is 0 Å². The van der Waals surface area contributed by atoms with Crippen LogP contribution in [0, 0.1) is 6.92 Å². The van der Waals surface area contributed by atoms with E-state index in [0.717, 1.165) is 28.3 Å². The first kappa shape index (κ1) is 11.7. The van der Waals surface area contributed by atoms with Crippen LogP contribution in [-0.2, 0) is 13.6 Å².